The number of benzene rings is 3. The topological polar surface area (TPSA) is 9.23 Å². The minimum atomic E-state index is 0.700. The Bertz CT molecular complexity index is 807. The highest BCUT2D eigenvalue weighted by atomic mass is 16.5. The number of fused-ring (bicyclic) bond motifs is 1. The summed E-state index contributed by atoms with van der Waals surface area (Å²) in [6, 6.07) is 17.5. The number of ether oxygens (including phenoxy) is 1. The third kappa shape index (κ3) is 2.71. The van der Waals surface area contributed by atoms with Crippen molar-refractivity contribution in [3.05, 3.63) is 65.2 Å². The molecule has 3 aromatic carbocycles. The van der Waals surface area contributed by atoms with Gasteiger partial charge in [-0.25, -0.2) is 0 Å². The molecule has 0 aliphatic rings. The first-order chi connectivity index (χ1) is 10.6. The van der Waals surface area contributed by atoms with E-state index in [1.165, 1.54) is 38.6 Å². The Morgan fingerprint density at radius 1 is 0.773 bits per heavy atom. The molecule has 0 unspecified atom stereocenters. The van der Waals surface area contributed by atoms with E-state index in [2.05, 4.69) is 63.2 Å². The van der Waals surface area contributed by atoms with Crippen molar-refractivity contribution in [2.75, 3.05) is 6.61 Å². The molecule has 3 aromatic rings. The average Bonchev–Trinajstić information content (AvgIpc) is 2.46. The third-order valence-corrected chi connectivity index (χ3v) is 4.09. The summed E-state index contributed by atoms with van der Waals surface area (Å²) in [5.74, 6) is 0.936. The van der Waals surface area contributed by atoms with Crippen LogP contribution in [0.1, 0.15) is 23.6 Å². The van der Waals surface area contributed by atoms with Crippen LogP contribution in [0.2, 0.25) is 0 Å². The molecule has 3 rings (SSSR count). The molecule has 0 amide bonds. The van der Waals surface area contributed by atoms with E-state index in [0.29, 0.717) is 6.61 Å². The fraction of sp³-hybridized carbons (Fsp3) is 0.238. The molecule has 0 spiro atoms. The van der Waals surface area contributed by atoms with Crippen LogP contribution in [0.5, 0.6) is 5.75 Å². The Labute approximate surface area is 132 Å². The summed E-state index contributed by atoms with van der Waals surface area (Å²) >= 11 is 0. The molecule has 0 atom stereocenters. The van der Waals surface area contributed by atoms with Gasteiger partial charge in [-0.15, -0.1) is 0 Å². The first-order valence-corrected chi connectivity index (χ1v) is 7.83. The van der Waals surface area contributed by atoms with E-state index in [4.69, 9.17) is 4.74 Å². The molecule has 0 N–H and O–H groups in total. The van der Waals surface area contributed by atoms with Crippen LogP contribution in [0.25, 0.3) is 21.9 Å². The molecule has 0 aliphatic heterocycles. The maximum atomic E-state index is 5.58. The molecule has 0 bridgehead atoms. The molecule has 0 aliphatic carbocycles. The molecular formula is C21H22O. The van der Waals surface area contributed by atoms with Gasteiger partial charge < -0.3 is 4.74 Å². The van der Waals surface area contributed by atoms with E-state index >= 15 is 0 Å². The van der Waals surface area contributed by atoms with Gasteiger partial charge in [0.15, 0.2) is 0 Å². The zero-order chi connectivity index (χ0) is 15.7. The Morgan fingerprint density at radius 3 is 2.09 bits per heavy atom. The van der Waals surface area contributed by atoms with Crippen molar-refractivity contribution in [3.8, 4) is 16.9 Å². The summed E-state index contributed by atoms with van der Waals surface area (Å²) in [6.45, 7) is 9.25. The van der Waals surface area contributed by atoms with E-state index in [1.807, 2.05) is 13.0 Å². The molecule has 112 valence electrons. The highest BCUT2D eigenvalue weighted by Crippen LogP contribution is 2.31. The van der Waals surface area contributed by atoms with Crippen molar-refractivity contribution in [3.63, 3.8) is 0 Å². The summed E-state index contributed by atoms with van der Waals surface area (Å²) in [5.41, 5.74) is 6.62. The van der Waals surface area contributed by atoms with Gasteiger partial charge in [-0.3, -0.25) is 0 Å². The predicted molar refractivity (Wildman–Crippen MR) is 94.8 cm³/mol. The molecule has 0 radical (unpaired) electrons. The van der Waals surface area contributed by atoms with E-state index < -0.39 is 0 Å². The normalized spacial score (nSPS) is 10.9. The number of rotatable bonds is 3. The fourth-order valence-corrected chi connectivity index (χ4v) is 3.27. The first-order valence-electron chi connectivity index (χ1n) is 7.83. The minimum Gasteiger partial charge on any atom is -0.494 e. The lowest BCUT2D eigenvalue weighted by Gasteiger charge is -2.13. The minimum absolute atomic E-state index is 0.700. The van der Waals surface area contributed by atoms with Crippen LogP contribution in [0.15, 0.2) is 48.5 Å². The molecule has 1 nitrogen and oxygen atoms in total. The van der Waals surface area contributed by atoms with Crippen molar-refractivity contribution in [2.24, 2.45) is 0 Å². The molecule has 0 saturated carbocycles. The summed E-state index contributed by atoms with van der Waals surface area (Å²) in [6.07, 6.45) is 0. The number of aryl methyl sites for hydroxylation is 3. The molecule has 0 saturated heterocycles. The van der Waals surface area contributed by atoms with Gasteiger partial charge in [-0.1, -0.05) is 35.9 Å². The first kappa shape index (κ1) is 14.6. The van der Waals surface area contributed by atoms with Gasteiger partial charge >= 0.3 is 0 Å². The predicted octanol–water partition coefficient (Wildman–Crippen LogP) is 5.83. The van der Waals surface area contributed by atoms with Crippen molar-refractivity contribution < 1.29 is 4.74 Å². The molecular weight excluding hydrogens is 268 g/mol. The van der Waals surface area contributed by atoms with Gasteiger partial charge in [0, 0.05) is 0 Å². The van der Waals surface area contributed by atoms with Crippen LogP contribution in [0, 0.1) is 20.8 Å². The van der Waals surface area contributed by atoms with Crippen molar-refractivity contribution in [1.82, 2.24) is 0 Å². The van der Waals surface area contributed by atoms with Crippen LogP contribution in [0.4, 0.5) is 0 Å². The molecule has 22 heavy (non-hydrogen) atoms. The van der Waals surface area contributed by atoms with Crippen LogP contribution >= 0.6 is 0 Å². The van der Waals surface area contributed by atoms with Crippen molar-refractivity contribution in [1.29, 1.82) is 0 Å². The van der Waals surface area contributed by atoms with Crippen LogP contribution in [0.3, 0.4) is 0 Å². The highest BCUT2D eigenvalue weighted by molar-refractivity contribution is 5.89. The molecule has 1 heteroatoms. The van der Waals surface area contributed by atoms with Crippen molar-refractivity contribution in [2.45, 2.75) is 27.7 Å². The molecule has 0 fully saturated rings. The summed E-state index contributed by atoms with van der Waals surface area (Å²) in [7, 11) is 0. The number of hydrogen-bond acceptors (Lipinski definition) is 1. The second kappa shape index (κ2) is 5.84. The zero-order valence-corrected chi connectivity index (χ0v) is 13.7. The van der Waals surface area contributed by atoms with Gasteiger partial charge in [0.1, 0.15) is 5.75 Å². The third-order valence-electron chi connectivity index (χ3n) is 4.09. The quantitative estimate of drug-likeness (QED) is 0.589. The van der Waals surface area contributed by atoms with Gasteiger partial charge in [-0.05, 0) is 78.9 Å². The Kier molecular flexibility index (Phi) is 3.89. The Hall–Kier alpha value is -2.28. The van der Waals surface area contributed by atoms with E-state index in [-0.39, 0.29) is 0 Å². The standard InChI is InChI=1S/C21H22O/c1-5-22-20-9-8-17-12-19(7-6-18(17)13-20)21-15(3)10-14(2)11-16(21)4/h6-13H,5H2,1-4H3. The second-order valence-electron chi connectivity index (χ2n) is 5.93. The maximum Gasteiger partial charge on any atom is 0.119 e. The fourth-order valence-electron chi connectivity index (χ4n) is 3.27. The van der Waals surface area contributed by atoms with Crippen LogP contribution < -0.4 is 4.74 Å². The number of hydrogen-bond donors (Lipinski definition) is 0. The van der Waals surface area contributed by atoms with Gasteiger partial charge in [0.25, 0.3) is 0 Å². The zero-order valence-electron chi connectivity index (χ0n) is 13.7. The lowest BCUT2D eigenvalue weighted by molar-refractivity contribution is 0.341. The lowest BCUT2D eigenvalue weighted by atomic mass is 9.92. The Balaban J connectivity index is 2.11. The summed E-state index contributed by atoms with van der Waals surface area (Å²) < 4.78 is 5.58. The summed E-state index contributed by atoms with van der Waals surface area (Å²) in [4.78, 5) is 0. The van der Waals surface area contributed by atoms with Crippen LogP contribution in [-0.4, -0.2) is 6.61 Å². The van der Waals surface area contributed by atoms with Gasteiger partial charge in [-0.2, -0.15) is 0 Å². The Morgan fingerprint density at radius 2 is 1.41 bits per heavy atom. The lowest BCUT2D eigenvalue weighted by Crippen LogP contribution is -1.92. The van der Waals surface area contributed by atoms with Gasteiger partial charge in [0.2, 0.25) is 0 Å². The molecule has 0 heterocycles. The highest BCUT2D eigenvalue weighted by Gasteiger charge is 2.08. The van der Waals surface area contributed by atoms with Crippen LogP contribution in [-0.2, 0) is 0 Å². The van der Waals surface area contributed by atoms with E-state index in [1.54, 1.807) is 0 Å². The maximum absolute atomic E-state index is 5.58. The largest absolute Gasteiger partial charge is 0.494 e. The summed E-state index contributed by atoms with van der Waals surface area (Å²) in [5, 5.41) is 2.47. The van der Waals surface area contributed by atoms with Gasteiger partial charge in [0.05, 0.1) is 6.61 Å². The van der Waals surface area contributed by atoms with Crippen molar-refractivity contribution >= 4 is 10.8 Å². The average molecular weight is 290 g/mol. The second-order valence-corrected chi connectivity index (χ2v) is 5.93. The molecule has 0 aromatic heterocycles. The smallest absolute Gasteiger partial charge is 0.119 e. The SMILES string of the molecule is CCOc1ccc2cc(-c3c(C)cc(C)cc3C)ccc2c1. The van der Waals surface area contributed by atoms with E-state index in [0.717, 1.165) is 5.75 Å². The monoisotopic (exact) mass is 290 g/mol. The van der Waals surface area contributed by atoms with E-state index in [9.17, 15) is 0 Å².